The Morgan fingerprint density at radius 3 is 2.50 bits per heavy atom. The molecule has 1 amide bonds. The van der Waals surface area contributed by atoms with Gasteiger partial charge in [-0.1, -0.05) is 17.7 Å². The van der Waals surface area contributed by atoms with E-state index < -0.39 is 0 Å². The largest absolute Gasteiger partial charge is 0.497 e. The first-order valence-electron chi connectivity index (χ1n) is 8.60. The van der Waals surface area contributed by atoms with Gasteiger partial charge in [0.25, 0.3) is 5.91 Å². The maximum absolute atomic E-state index is 12.3. The zero-order chi connectivity index (χ0) is 18.1. The molecule has 2 aliphatic heterocycles. The number of ether oxygens (including phenoxy) is 1. The number of piperazine rings is 1. The molecule has 26 heavy (non-hydrogen) atoms. The first kappa shape index (κ1) is 16.8. The van der Waals surface area contributed by atoms with Gasteiger partial charge in [0.1, 0.15) is 5.75 Å². The van der Waals surface area contributed by atoms with E-state index in [9.17, 15) is 4.79 Å². The molecule has 0 radical (unpaired) electrons. The van der Waals surface area contributed by atoms with E-state index in [0.717, 1.165) is 43.2 Å². The number of carbonyl (C=O) groups is 1. The van der Waals surface area contributed by atoms with Crippen molar-refractivity contribution in [3.63, 3.8) is 0 Å². The Balaban J connectivity index is 1.45. The SMILES string of the molecule is COc1ccc(N2CCN(/C=C3/C(=O)Nc4cc(Cl)ccc43)CC2)cc1. The van der Waals surface area contributed by atoms with E-state index in [1.165, 1.54) is 5.69 Å². The number of methoxy groups -OCH3 is 1. The quantitative estimate of drug-likeness (QED) is 0.841. The molecule has 1 N–H and O–H groups in total. The third kappa shape index (κ3) is 3.22. The monoisotopic (exact) mass is 369 g/mol. The van der Waals surface area contributed by atoms with Crippen LogP contribution < -0.4 is 15.0 Å². The van der Waals surface area contributed by atoms with Gasteiger partial charge in [0.2, 0.25) is 0 Å². The molecule has 6 heteroatoms. The second kappa shape index (κ2) is 6.92. The fraction of sp³-hybridized carbons (Fsp3) is 0.250. The second-order valence-corrected chi connectivity index (χ2v) is 6.84. The zero-order valence-electron chi connectivity index (χ0n) is 14.5. The number of hydrogen-bond donors (Lipinski definition) is 1. The smallest absolute Gasteiger partial charge is 0.257 e. The van der Waals surface area contributed by atoms with Gasteiger partial charge in [0, 0.05) is 48.7 Å². The van der Waals surface area contributed by atoms with Crippen molar-refractivity contribution < 1.29 is 9.53 Å². The highest BCUT2D eigenvalue weighted by Gasteiger charge is 2.26. The fourth-order valence-electron chi connectivity index (χ4n) is 3.38. The van der Waals surface area contributed by atoms with Crippen molar-refractivity contribution in [3.8, 4) is 5.75 Å². The number of carbonyl (C=O) groups excluding carboxylic acids is 1. The molecule has 2 aliphatic rings. The van der Waals surface area contributed by atoms with Crippen LogP contribution in [0.15, 0.2) is 48.7 Å². The van der Waals surface area contributed by atoms with Gasteiger partial charge in [-0.15, -0.1) is 0 Å². The average Bonchev–Trinajstić information content (AvgIpc) is 2.97. The lowest BCUT2D eigenvalue weighted by molar-refractivity contribution is -0.110. The van der Waals surface area contributed by atoms with E-state index in [4.69, 9.17) is 16.3 Å². The summed E-state index contributed by atoms with van der Waals surface area (Å²) in [5.41, 5.74) is 3.59. The van der Waals surface area contributed by atoms with E-state index in [0.29, 0.717) is 10.6 Å². The van der Waals surface area contributed by atoms with Gasteiger partial charge in [-0.3, -0.25) is 4.79 Å². The molecule has 134 valence electrons. The van der Waals surface area contributed by atoms with Crippen molar-refractivity contribution in [3.05, 3.63) is 59.3 Å². The highest BCUT2D eigenvalue weighted by atomic mass is 35.5. The maximum atomic E-state index is 12.3. The van der Waals surface area contributed by atoms with Gasteiger partial charge < -0.3 is 19.9 Å². The summed E-state index contributed by atoms with van der Waals surface area (Å²) in [6.45, 7) is 3.55. The Labute approximate surface area is 157 Å². The third-order valence-corrected chi connectivity index (χ3v) is 5.06. The number of rotatable bonds is 3. The lowest BCUT2D eigenvalue weighted by atomic mass is 10.1. The molecule has 1 fully saturated rings. The molecule has 4 rings (SSSR count). The number of halogens is 1. The number of nitrogens with zero attached hydrogens (tertiary/aromatic N) is 2. The van der Waals surface area contributed by atoms with Crippen molar-refractivity contribution >= 4 is 34.5 Å². The van der Waals surface area contributed by atoms with Gasteiger partial charge >= 0.3 is 0 Å². The lowest BCUT2D eigenvalue weighted by Gasteiger charge is -2.35. The van der Waals surface area contributed by atoms with Crippen LogP contribution in [-0.2, 0) is 4.79 Å². The summed E-state index contributed by atoms with van der Waals surface area (Å²) in [5.74, 6) is 0.794. The third-order valence-electron chi connectivity index (χ3n) is 4.83. The summed E-state index contributed by atoms with van der Waals surface area (Å²) >= 11 is 6.01. The maximum Gasteiger partial charge on any atom is 0.257 e. The minimum Gasteiger partial charge on any atom is -0.497 e. The Hall–Kier alpha value is -2.66. The molecule has 2 aromatic carbocycles. The van der Waals surface area contributed by atoms with Crippen molar-refractivity contribution in [2.24, 2.45) is 0 Å². The molecule has 2 heterocycles. The Kier molecular flexibility index (Phi) is 4.47. The molecule has 0 unspecified atom stereocenters. The number of fused-ring (bicyclic) bond motifs is 1. The lowest BCUT2D eigenvalue weighted by Crippen LogP contribution is -2.44. The molecule has 0 bridgehead atoms. The van der Waals surface area contributed by atoms with E-state index >= 15 is 0 Å². The average molecular weight is 370 g/mol. The van der Waals surface area contributed by atoms with Crippen molar-refractivity contribution in [2.45, 2.75) is 0 Å². The molecule has 0 spiro atoms. The summed E-state index contributed by atoms with van der Waals surface area (Å²) < 4.78 is 5.21. The molecule has 0 aliphatic carbocycles. The van der Waals surface area contributed by atoms with Crippen LogP contribution in [0.2, 0.25) is 5.02 Å². The second-order valence-electron chi connectivity index (χ2n) is 6.41. The Morgan fingerprint density at radius 1 is 1.08 bits per heavy atom. The van der Waals surface area contributed by atoms with Crippen LogP contribution in [0, 0.1) is 0 Å². The van der Waals surface area contributed by atoms with E-state index in [1.54, 1.807) is 13.2 Å². The number of anilines is 2. The molecule has 0 saturated carbocycles. The summed E-state index contributed by atoms with van der Waals surface area (Å²) in [4.78, 5) is 16.8. The first-order valence-corrected chi connectivity index (χ1v) is 8.98. The minimum atomic E-state index is -0.0696. The molecule has 0 aromatic heterocycles. The molecule has 2 aromatic rings. The van der Waals surface area contributed by atoms with Crippen LogP contribution in [0.3, 0.4) is 0 Å². The molecular formula is C20H20ClN3O2. The molecule has 5 nitrogen and oxygen atoms in total. The van der Waals surface area contributed by atoms with Crippen molar-refractivity contribution in [1.29, 1.82) is 0 Å². The topological polar surface area (TPSA) is 44.8 Å². The van der Waals surface area contributed by atoms with Gasteiger partial charge in [-0.2, -0.15) is 0 Å². The summed E-state index contributed by atoms with van der Waals surface area (Å²) in [7, 11) is 1.67. The van der Waals surface area contributed by atoms with Gasteiger partial charge in [-0.05, 0) is 36.4 Å². The van der Waals surface area contributed by atoms with Gasteiger partial charge in [0.15, 0.2) is 0 Å². The number of amides is 1. The van der Waals surface area contributed by atoms with Gasteiger partial charge in [-0.25, -0.2) is 0 Å². The zero-order valence-corrected chi connectivity index (χ0v) is 15.3. The highest BCUT2D eigenvalue weighted by molar-refractivity contribution is 6.34. The summed E-state index contributed by atoms with van der Waals surface area (Å²) in [6, 6.07) is 13.6. The van der Waals surface area contributed by atoms with Crippen LogP contribution in [0.5, 0.6) is 5.75 Å². The van der Waals surface area contributed by atoms with Crippen LogP contribution in [0.4, 0.5) is 11.4 Å². The summed E-state index contributed by atoms with van der Waals surface area (Å²) in [6.07, 6.45) is 1.97. The normalized spacial score (nSPS) is 18.1. The highest BCUT2D eigenvalue weighted by Crippen LogP contribution is 2.34. The van der Waals surface area contributed by atoms with E-state index in [2.05, 4.69) is 27.2 Å². The van der Waals surface area contributed by atoms with Crippen LogP contribution in [-0.4, -0.2) is 44.1 Å². The number of benzene rings is 2. The number of hydrogen-bond acceptors (Lipinski definition) is 4. The van der Waals surface area contributed by atoms with Crippen molar-refractivity contribution in [1.82, 2.24) is 4.90 Å². The first-order chi connectivity index (χ1) is 12.6. The van der Waals surface area contributed by atoms with E-state index in [-0.39, 0.29) is 5.91 Å². The molecule has 0 atom stereocenters. The standard InChI is InChI=1S/C20H20ClN3O2/c1-26-16-5-3-15(4-6-16)24-10-8-23(9-11-24)13-18-17-7-2-14(21)12-19(17)22-20(18)25/h2-7,12-13H,8-11H2,1H3,(H,22,25)/b18-13+. The number of nitrogens with one attached hydrogen (secondary N) is 1. The minimum absolute atomic E-state index is 0.0696. The fourth-order valence-corrected chi connectivity index (χ4v) is 3.55. The molecule has 1 saturated heterocycles. The molecular weight excluding hydrogens is 350 g/mol. The van der Waals surface area contributed by atoms with E-state index in [1.807, 2.05) is 30.5 Å². The Morgan fingerprint density at radius 2 is 1.81 bits per heavy atom. The predicted molar refractivity (Wildman–Crippen MR) is 105 cm³/mol. The van der Waals surface area contributed by atoms with Gasteiger partial charge in [0.05, 0.1) is 18.4 Å². The Bertz CT molecular complexity index is 856. The van der Waals surface area contributed by atoms with Crippen molar-refractivity contribution in [2.75, 3.05) is 43.5 Å². The van der Waals surface area contributed by atoms with Crippen LogP contribution >= 0.6 is 11.6 Å². The van der Waals surface area contributed by atoms with Crippen LogP contribution in [0.1, 0.15) is 5.56 Å². The predicted octanol–water partition coefficient (Wildman–Crippen LogP) is 3.46. The summed E-state index contributed by atoms with van der Waals surface area (Å²) in [5, 5.41) is 3.51. The van der Waals surface area contributed by atoms with Crippen LogP contribution in [0.25, 0.3) is 5.57 Å².